The van der Waals surface area contributed by atoms with Crippen LogP contribution in [0.3, 0.4) is 0 Å². The highest BCUT2D eigenvalue weighted by atomic mass is 32.1. The first-order valence-corrected chi connectivity index (χ1v) is 8.04. The van der Waals surface area contributed by atoms with E-state index in [0.29, 0.717) is 16.9 Å². The summed E-state index contributed by atoms with van der Waals surface area (Å²) in [4.78, 5) is 16.9. The molecule has 2 heterocycles. The number of carbonyl (C=O) groups excluding carboxylic acids is 1. The minimum absolute atomic E-state index is 0.115. The number of nitrogens with one attached hydrogen (secondary N) is 1. The van der Waals surface area contributed by atoms with E-state index in [9.17, 15) is 9.18 Å². The Kier molecular flexibility index (Phi) is 4.36. The molecular weight excluding hydrogens is 325 g/mol. The van der Waals surface area contributed by atoms with Crippen molar-refractivity contribution in [2.45, 2.75) is 6.92 Å². The topological polar surface area (TPSA) is 65.8 Å². The van der Waals surface area contributed by atoms with Gasteiger partial charge in [0.25, 0.3) is 5.91 Å². The van der Waals surface area contributed by atoms with Crippen molar-refractivity contribution in [2.75, 3.05) is 5.32 Å². The lowest BCUT2D eigenvalue weighted by molar-refractivity contribution is 0.102. The number of aromatic nitrogens is 1. The Morgan fingerprint density at radius 2 is 2.12 bits per heavy atom. The predicted molar refractivity (Wildman–Crippen MR) is 91.4 cm³/mol. The first-order chi connectivity index (χ1) is 11.6. The van der Waals surface area contributed by atoms with Crippen LogP contribution in [-0.2, 0) is 0 Å². The highest BCUT2D eigenvalue weighted by Crippen LogP contribution is 2.22. The molecule has 0 aliphatic carbocycles. The molecule has 0 saturated heterocycles. The predicted octanol–water partition coefficient (Wildman–Crippen LogP) is 4.38. The quantitative estimate of drug-likeness (QED) is 0.771. The summed E-state index contributed by atoms with van der Waals surface area (Å²) in [6, 6.07) is 11.1. The van der Waals surface area contributed by atoms with Crippen LogP contribution < -0.4 is 5.32 Å². The van der Waals surface area contributed by atoms with Gasteiger partial charge in [-0.2, -0.15) is 16.6 Å². The largest absolute Gasteiger partial charge is 0.322 e. The number of nitriles is 1. The Bertz CT molecular complexity index is 945. The van der Waals surface area contributed by atoms with Gasteiger partial charge in [-0.15, -0.1) is 0 Å². The molecule has 0 unspecified atom stereocenters. The molecule has 1 amide bonds. The summed E-state index contributed by atoms with van der Waals surface area (Å²) in [7, 11) is 0. The van der Waals surface area contributed by atoms with Gasteiger partial charge in [0, 0.05) is 16.6 Å². The molecule has 3 aromatic rings. The highest BCUT2D eigenvalue weighted by molar-refractivity contribution is 7.08. The van der Waals surface area contributed by atoms with Crippen molar-refractivity contribution in [3.63, 3.8) is 0 Å². The van der Waals surface area contributed by atoms with Gasteiger partial charge >= 0.3 is 0 Å². The zero-order valence-electron chi connectivity index (χ0n) is 12.7. The fraction of sp³-hybridized carbons (Fsp3) is 0.0556. The molecule has 0 aliphatic rings. The standard InChI is InChI=1S/C18H12FN3OS/c1-11-15(3-5-17(21-11)12-6-7-24-10-12)18(23)22-14-2-4-16(19)13(8-14)9-20/h2-8,10H,1H3,(H,22,23). The Morgan fingerprint density at radius 3 is 2.79 bits per heavy atom. The second-order valence-electron chi connectivity index (χ2n) is 5.10. The van der Waals surface area contributed by atoms with E-state index in [-0.39, 0.29) is 11.5 Å². The smallest absolute Gasteiger partial charge is 0.257 e. The SMILES string of the molecule is Cc1nc(-c2ccsc2)ccc1C(=O)Nc1ccc(F)c(C#N)c1. The number of thiophene rings is 1. The summed E-state index contributed by atoms with van der Waals surface area (Å²) in [6.07, 6.45) is 0. The van der Waals surface area contributed by atoms with E-state index in [4.69, 9.17) is 5.26 Å². The molecule has 0 saturated carbocycles. The third kappa shape index (κ3) is 3.16. The number of hydrogen-bond donors (Lipinski definition) is 1. The molecule has 118 valence electrons. The van der Waals surface area contributed by atoms with E-state index < -0.39 is 5.82 Å². The van der Waals surface area contributed by atoms with Crippen LogP contribution in [0, 0.1) is 24.1 Å². The van der Waals surface area contributed by atoms with E-state index in [1.165, 1.54) is 12.1 Å². The number of carbonyl (C=O) groups is 1. The molecule has 2 aromatic heterocycles. The number of nitrogens with zero attached hydrogens (tertiary/aromatic N) is 2. The first kappa shape index (κ1) is 15.8. The van der Waals surface area contributed by atoms with Crippen LogP contribution in [-0.4, -0.2) is 10.9 Å². The van der Waals surface area contributed by atoms with Crippen molar-refractivity contribution >= 4 is 22.9 Å². The van der Waals surface area contributed by atoms with Gasteiger partial charge in [-0.05, 0) is 48.7 Å². The van der Waals surface area contributed by atoms with Crippen LogP contribution >= 0.6 is 11.3 Å². The third-order valence-corrected chi connectivity index (χ3v) is 4.18. The average Bonchev–Trinajstić information content (AvgIpc) is 3.11. The number of benzene rings is 1. The molecule has 0 fully saturated rings. The minimum Gasteiger partial charge on any atom is -0.322 e. The fourth-order valence-electron chi connectivity index (χ4n) is 2.26. The summed E-state index contributed by atoms with van der Waals surface area (Å²) in [6.45, 7) is 1.76. The van der Waals surface area contributed by atoms with Crippen LogP contribution in [0.1, 0.15) is 21.6 Å². The molecule has 0 spiro atoms. The Labute approximate surface area is 142 Å². The monoisotopic (exact) mass is 337 g/mol. The number of halogens is 1. The van der Waals surface area contributed by atoms with Crippen molar-refractivity contribution in [3.8, 4) is 17.3 Å². The number of amides is 1. The van der Waals surface area contributed by atoms with Crippen molar-refractivity contribution in [1.29, 1.82) is 5.26 Å². The molecular formula is C18H12FN3OS. The van der Waals surface area contributed by atoms with Crippen LogP contribution in [0.15, 0.2) is 47.2 Å². The van der Waals surface area contributed by atoms with Gasteiger partial charge in [-0.1, -0.05) is 0 Å². The van der Waals surface area contributed by atoms with Crippen molar-refractivity contribution in [2.24, 2.45) is 0 Å². The van der Waals surface area contributed by atoms with E-state index in [1.54, 1.807) is 36.5 Å². The summed E-state index contributed by atoms with van der Waals surface area (Å²) in [5.41, 5.74) is 3.08. The number of rotatable bonds is 3. The van der Waals surface area contributed by atoms with E-state index >= 15 is 0 Å². The van der Waals surface area contributed by atoms with Gasteiger partial charge in [-0.3, -0.25) is 9.78 Å². The van der Waals surface area contributed by atoms with E-state index in [0.717, 1.165) is 17.3 Å². The Morgan fingerprint density at radius 1 is 1.29 bits per heavy atom. The molecule has 3 rings (SSSR count). The van der Waals surface area contributed by atoms with Gasteiger partial charge in [0.2, 0.25) is 0 Å². The maximum atomic E-state index is 13.3. The Balaban J connectivity index is 1.84. The number of hydrogen-bond acceptors (Lipinski definition) is 4. The molecule has 4 nitrogen and oxygen atoms in total. The molecule has 24 heavy (non-hydrogen) atoms. The first-order valence-electron chi connectivity index (χ1n) is 7.09. The Hall–Kier alpha value is -3.04. The molecule has 0 bridgehead atoms. The van der Waals surface area contributed by atoms with Crippen LogP contribution in [0.5, 0.6) is 0 Å². The van der Waals surface area contributed by atoms with Crippen LogP contribution in [0.4, 0.5) is 10.1 Å². The molecule has 6 heteroatoms. The van der Waals surface area contributed by atoms with Crippen LogP contribution in [0.2, 0.25) is 0 Å². The maximum Gasteiger partial charge on any atom is 0.257 e. The minimum atomic E-state index is -0.617. The second kappa shape index (κ2) is 6.60. The summed E-state index contributed by atoms with van der Waals surface area (Å²) in [5, 5.41) is 15.5. The maximum absolute atomic E-state index is 13.3. The van der Waals surface area contributed by atoms with Gasteiger partial charge in [0.15, 0.2) is 0 Å². The van der Waals surface area contributed by atoms with Gasteiger partial charge in [0.05, 0.1) is 22.5 Å². The number of aryl methyl sites for hydroxylation is 1. The lowest BCUT2D eigenvalue weighted by Gasteiger charge is -2.09. The lowest BCUT2D eigenvalue weighted by Crippen LogP contribution is -2.14. The van der Waals surface area contributed by atoms with Gasteiger partial charge in [0.1, 0.15) is 11.9 Å². The average molecular weight is 337 g/mol. The van der Waals surface area contributed by atoms with E-state index in [2.05, 4.69) is 10.3 Å². The fourth-order valence-corrected chi connectivity index (χ4v) is 2.91. The van der Waals surface area contributed by atoms with Gasteiger partial charge in [-0.25, -0.2) is 4.39 Å². The normalized spacial score (nSPS) is 10.2. The number of anilines is 1. The van der Waals surface area contributed by atoms with E-state index in [1.807, 2.05) is 16.8 Å². The highest BCUT2D eigenvalue weighted by Gasteiger charge is 2.13. The lowest BCUT2D eigenvalue weighted by atomic mass is 10.1. The molecule has 0 aliphatic heterocycles. The molecule has 1 aromatic carbocycles. The third-order valence-electron chi connectivity index (χ3n) is 3.49. The molecule has 1 N–H and O–H groups in total. The zero-order valence-corrected chi connectivity index (χ0v) is 13.5. The summed E-state index contributed by atoms with van der Waals surface area (Å²) >= 11 is 1.58. The summed E-state index contributed by atoms with van der Waals surface area (Å²) in [5.74, 6) is -0.971. The van der Waals surface area contributed by atoms with Gasteiger partial charge < -0.3 is 5.32 Å². The summed E-state index contributed by atoms with van der Waals surface area (Å²) < 4.78 is 13.3. The molecule has 0 radical (unpaired) electrons. The van der Waals surface area contributed by atoms with Crippen molar-refractivity contribution in [3.05, 3.63) is 69.8 Å². The van der Waals surface area contributed by atoms with Crippen molar-refractivity contribution < 1.29 is 9.18 Å². The number of pyridine rings is 1. The second-order valence-corrected chi connectivity index (χ2v) is 5.88. The van der Waals surface area contributed by atoms with Crippen molar-refractivity contribution in [1.82, 2.24) is 4.98 Å². The zero-order chi connectivity index (χ0) is 17.1. The van der Waals surface area contributed by atoms with Crippen LogP contribution in [0.25, 0.3) is 11.3 Å². The molecule has 0 atom stereocenters.